The van der Waals surface area contributed by atoms with Crippen LogP contribution in [0.2, 0.25) is 0 Å². The maximum atomic E-state index is 5.86. The van der Waals surface area contributed by atoms with E-state index in [0.29, 0.717) is 6.54 Å². The minimum Gasteiger partial charge on any atom is -0.325 e. The van der Waals surface area contributed by atoms with Crippen molar-refractivity contribution in [1.82, 2.24) is 4.98 Å². The number of aromatic nitrogens is 1. The molecule has 2 N–H and O–H groups in total. The van der Waals surface area contributed by atoms with Gasteiger partial charge in [0.25, 0.3) is 0 Å². The van der Waals surface area contributed by atoms with Crippen molar-refractivity contribution in [2.45, 2.75) is 6.54 Å². The molecule has 0 fully saturated rings. The molecule has 0 spiro atoms. The Morgan fingerprint density at radius 2 is 1.82 bits per heavy atom. The van der Waals surface area contributed by atoms with Gasteiger partial charge in [-0.25, -0.2) is 0 Å². The van der Waals surface area contributed by atoms with Crippen LogP contribution in [0.25, 0.3) is 32.8 Å². The van der Waals surface area contributed by atoms with Crippen molar-refractivity contribution < 1.29 is 0 Å². The van der Waals surface area contributed by atoms with Crippen LogP contribution in [-0.2, 0) is 6.54 Å². The zero-order valence-corrected chi connectivity index (χ0v) is 12.1. The smallest absolute Gasteiger partial charge is 0.0439 e. The molecule has 1 aromatic heterocycles. The fourth-order valence-corrected chi connectivity index (χ4v) is 2.90. The van der Waals surface area contributed by atoms with E-state index in [0.717, 1.165) is 27.4 Å². The second kappa shape index (κ2) is 5.24. The summed E-state index contributed by atoms with van der Waals surface area (Å²) in [5, 5.41) is 3.33. The summed E-state index contributed by atoms with van der Waals surface area (Å²) in [5.74, 6) is 0. The lowest BCUT2D eigenvalue weighted by molar-refractivity contribution is 1.01. The molecule has 0 bridgehead atoms. The van der Waals surface area contributed by atoms with E-state index < -0.39 is 0 Å². The molecular weight excluding hydrogens is 268 g/mol. The Bertz CT molecular complexity index is 959. The summed E-state index contributed by atoms with van der Waals surface area (Å²) in [5.41, 5.74) is 10.1. The van der Waals surface area contributed by atoms with Gasteiger partial charge in [-0.1, -0.05) is 42.5 Å². The summed E-state index contributed by atoms with van der Waals surface area (Å²) in [6, 6.07) is 26.1. The number of nitrogens with zero attached hydrogens (tertiary/aromatic N) is 1. The standard InChI is InChI=1S/C20H15N2/c21-13-16-12-19(14-6-2-1-3-7-14)18-11-10-15-8-4-5-9-17(15)20(18)22-16/h1-8,10-12H,13,21H2/q-1. The van der Waals surface area contributed by atoms with Crippen LogP contribution in [0.15, 0.2) is 66.7 Å². The molecule has 0 saturated heterocycles. The Kier molecular flexibility index (Phi) is 3.10. The molecule has 2 nitrogen and oxygen atoms in total. The van der Waals surface area contributed by atoms with Gasteiger partial charge in [0.1, 0.15) is 0 Å². The summed E-state index contributed by atoms with van der Waals surface area (Å²) in [6.45, 7) is 0.430. The predicted molar refractivity (Wildman–Crippen MR) is 91.4 cm³/mol. The van der Waals surface area contributed by atoms with Crippen molar-refractivity contribution >= 4 is 21.7 Å². The molecule has 0 atom stereocenters. The molecule has 22 heavy (non-hydrogen) atoms. The van der Waals surface area contributed by atoms with Gasteiger partial charge in [-0.3, -0.25) is 4.98 Å². The molecule has 1 heterocycles. The largest absolute Gasteiger partial charge is 0.325 e. The number of hydrogen-bond donors (Lipinski definition) is 1. The van der Waals surface area contributed by atoms with Crippen molar-refractivity contribution in [3.8, 4) is 11.1 Å². The minimum atomic E-state index is 0.430. The summed E-state index contributed by atoms with van der Waals surface area (Å²) >= 11 is 0. The zero-order chi connectivity index (χ0) is 14.9. The van der Waals surface area contributed by atoms with Crippen LogP contribution in [-0.4, -0.2) is 4.98 Å². The van der Waals surface area contributed by atoms with Crippen LogP contribution >= 0.6 is 0 Å². The molecule has 0 unspecified atom stereocenters. The van der Waals surface area contributed by atoms with Crippen molar-refractivity contribution in [3.63, 3.8) is 0 Å². The molecule has 106 valence electrons. The van der Waals surface area contributed by atoms with Crippen LogP contribution in [0.1, 0.15) is 5.69 Å². The highest BCUT2D eigenvalue weighted by Gasteiger charge is 2.06. The highest BCUT2D eigenvalue weighted by atomic mass is 14.7. The van der Waals surface area contributed by atoms with Gasteiger partial charge in [-0.15, -0.1) is 35.0 Å². The first kappa shape index (κ1) is 13.0. The van der Waals surface area contributed by atoms with Crippen molar-refractivity contribution in [2.24, 2.45) is 5.73 Å². The van der Waals surface area contributed by atoms with E-state index in [4.69, 9.17) is 10.7 Å². The Balaban J connectivity index is 2.14. The predicted octanol–water partition coefficient (Wildman–Crippen LogP) is 4.31. The molecule has 4 rings (SSSR count). The van der Waals surface area contributed by atoms with Gasteiger partial charge in [-0.2, -0.15) is 0 Å². The molecule has 0 aliphatic rings. The Hall–Kier alpha value is -2.71. The SMILES string of the molecule is NCc1cc(-c2ccccc2)c2ccc3ccc[c-]c3c2n1. The highest BCUT2D eigenvalue weighted by molar-refractivity contribution is 6.09. The van der Waals surface area contributed by atoms with E-state index in [-0.39, 0.29) is 0 Å². The number of hydrogen-bond acceptors (Lipinski definition) is 2. The average molecular weight is 283 g/mol. The van der Waals surface area contributed by atoms with Gasteiger partial charge in [0.2, 0.25) is 0 Å². The van der Waals surface area contributed by atoms with Gasteiger partial charge in [-0.05, 0) is 28.1 Å². The van der Waals surface area contributed by atoms with Gasteiger partial charge < -0.3 is 5.73 Å². The fourth-order valence-electron chi connectivity index (χ4n) is 2.90. The monoisotopic (exact) mass is 283 g/mol. The molecule has 2 heteroatoms. The van der Waals surface area contributed by atoms with Crippen LogP contribution in [0.5, 0.6) is 0 Å². The quantitative estimate of drug-likeness (QED) is 0.439. The summed E-state index contributed by atoms with van der Waals surface area (Å²) in [6.07, 6.45) is 0. The second-order valence-electron chi connectivity index (χ2n) is 5.33. The van der Waals surface area contributed by atoms with Crippen LogP contribution in [0.4, 0.5) is 0 Å². The summed E-state index contributed by atoms with van der Waals surface area (Å²) in [7, 11) is 0. The molecule has 0 aliphatic carbocycles. The van der Waals surface area contributed by atoms with E-state index in [9.17, 15) is 0 Å². The fraction of sp³-hybridized carbons (Fsp3) is 0.0500. The average Bonchev–Trinajstić information content (AvgIpc) is 2.61. The van der Waals surface area contributed by atoms with E-state index in [1.54, 1.807) is 0 Å². The number of fused-ring (bicyclic) bond motifs is 3. The number of nitrogens with two attached hydrogens (primary N) is 1. The molecule has 0 saturated carbocycles. The Morgan fingerprint density at radius 3 is 2.64 bits per heavy atom. The van der Waals surface area contributed by atoms with Crippen LogP contribution < -0.4 is 5.73 Å². The summed E-state index contributed by atoms with van der Waals surface area (Å²) < 4.78 is 0. The molecule has 4 aromatic rings. The van der Waals surface area contributed by atoms with E-state index in [1.807, 2.05) is 18.2 Å². The lowest BCUT2D eigenvalue weighted by atomic mass is 9.97. The third-order valence-electron chi connectivity index (χ3n) is 3.96. The van der Waals surface area contributed by atoms with Crippen molar-refractivity contribution in [3.05, 3.63) is 78.5 Å². The molecule has 0 radical (unpaired) electrons. The van der Waals surface area contributed by atoms with Gasteiger partial charge in [0.15, 0.2) is 0 Å². The zero-order valence-electron chi connectivity index (χ0n) is 12.1. The first-order chi connectivity index (χ1) is 10.9. The molecule has 0 aliphatic heterocycles. The summed E-state index contributed by atoms with van der Waals surface area (Å²) in [4.78, 5) is 4.75. The van der Waals surface area contributed by atoms with Gasteiger partial charge >= 0.3 is 0 Å². The maximum absolute atomic E-state index is 5.86. The third kappa shape index (κ3) is 2.05. The molecular formula is C20H15N2-. The third-order valence-corrected chi connectivity index (χ3v) is 3.96. The Morgan fingerprint density at radius 1 is 0.955 bits per heavy atom. The number of pyridine rings is 1. The second-order valence-corrected chi connectivity index (χ2v) is 5.33. The number of rotatable bonds is 2. The topological polar surface area (TPSA) is 38.9 Å². The first-order valence-corrected chi connectivity index (χ1v) is 7.35. The van der Waals surface area contributed by atoms with Crippen LogP contribution in [0.3, 0.4) is 0 Å². The highest BCUT2D eigenvalue weighted by Crippen LogP contribution is 2.32. The lowest BCUT2D eigenvalue weighted by Gasteiger charge is -2.15. The molecule has 0 amide bonds. The number of benzene rings is 3. The van der Waals surface area contributed by atoms with Crippen molar-refractivity contribution in [1.29, 1.82) is 0 Å². The van der Waals surface area contributed by atoms with Gasteiger partial charge in [0.05, 0.1) is 0 Å². The van der Waals surface area contributed by atoms with Crippen LogP contribution in [0, 0.1) is 6.07 Å². The minimum absolute atomic E-state index is 0.430. The lowest BCUT2D eigenvalue weighted by Crippen LogP contribution is -2.01. The normalized spacial score (nSPS) is 11.1. The van der Waals surface area contributed by atoms with E-state index in [1.165, 1.54) is 11.1 Å². The maximum Gasteiger partial charge on any atom is 0.0439 e. The van der Waals surface area contributed by atoms with Crippen molar-refractivity contribution in [2.75, 3.05) is 0 Å². The Labute approximate surface area is 129 Å². The first-order valence-electron chi connectivity index (χ1n) is 7.35. The molecule has 3 aromatic carbocycles. The van der Waals surface area contributed by atoms with E-state index in [2.05, 4.69) is 54.6 Å². The van der Waals surface area contributed by atoms with E-state index >= 15 is 0 Å². The van der Waals surface area contributed by atoms with Gasteiger partial charge in [0, 0.05) is 12.2 Å².